The second-order valence-electron chi connectivity index (χ2n) is 3.27. The van der Waals surface area contributed by atoms with Gasteiger partial charge in [0, 0.05) is 17.1 Å². The van der Waals surface area contributed by atoms with Gasteiger partial charge in [-0.25, -0.2) is 4.98 Å². The lowest BCUT2D eigenvalue weighted by molar-refractivity contribution is 0.464. The fourth-order valence-electron chi connectivity index (χ4n) is 1.34. The number of hydrogen-bond acceptors (Lipinski definition) is 4. The van der Waals surface area contributed by atoms with Crippen LogP contribution in [0.3, 0.4) is 0 Å². The number of benzene rings is 1. The first kappa shape index (κ1) is 10.9. The van der Waals surface area contributed by atoms with Crippen molar-refractivity contribution in [2.75, 3.05) is 0 Å². The van der Waals surface area contributed by atoms with Crippen molar-refractivity contribution in [3.8, 4) is 5.75 Å². The summed E-state index contributed by atoms with van der Waals surface area (Å²) in [5, 5.41) is 19.7. The second kappa shape index (κ2) is 4.96. The standard InChI is InChI=1S/C10H11ClN4O/c11-8-2-1-3-9(16)7(8)4-12-5-10-13-6-14-15-10/h1-3,6,12,16H,4-5H2,(H,13,14,15). The molecule has 0 amide bonds. The summed E-state index contributed by atoms with van der Waals surface area (Å²) < 4.78 is 0. The molecule has 1 aromatic carbocycles. The van der Waals surface area contributed by atoms with Gasteiger partial charge in [0.1, 0.15) is 17.9 Å². The first-order valence-corrected chi connectivity index (χ1v) is 5.16. The van der Waals surface area contributed by atoms with Crippen molar-refractivity contribution in [2.45, 2.75) is 13.1 Å². The van der Waals surface area contributed by atoms with Crippen molar-refractivity contribution in [3.05, 3.63) is 40.9 Å². The third kappa shape index (κ3) is 2.50. The molecule has 2 rings (SSSR count). The predicted octanol–water partition coefficient (Wildman–Crippen LogP) is 1.45. The minimum atomic E-state index is 0.192. The minimum Gasteiger partial charge on any atom is -0.508 e. The highest BCUT2D eigenvalue weighted by Crippen LogP contribution is 2.24. The van der Waals surface area contributed by atoms with Crippen molar-refractivity contribution in [1.29, 1.82) is 0 Å². The topological polar surface area (TPSA) is 73.8 Å². The van der Waals surface area contributed by atoms with E-state index < -0.39 is 0 Å². The van der Waals surface area contributed by atoms with Crippen LogP contribution in [0.4, 0.5) is 0 Å². The molecule has 0 atom stereocenters. The molecule has 0 aliphatic rings. The molecular weight excluding hydrogens is 228 g/mol. The molecule has 0 saturated carbocycles. The summed E-state index contributed by atoms with van der Waals surface area (Å²) in [4.78, 5) is 3.97. The molecule has 84 valence electrons. The SMILES string of the molecule is Oc1cccc(Cl)c1CNCc1ncn[nH]1. The lowest BCUT2D eigenvalue weighted by Gasteiger charge is -2.07. The van der Waals surface area contributed by atoms with Crippen LogP contribution in [0.25, 0.3) is 0 Å². The van der Waals surface area contributed by atoms with Crippen LogP contribution in [0.1, 0.15) is 11.4 Å². The fourth-order valence-corrected chi connectivity index (χ4v) is 1.58. The van der Waals surface area contributed by atoms with E-state index in [4.69, 9.17) is 11.6 Å². The number of phenolic OH excluding ortho intramolecular Hbond substituents is 1. The number of hydrogen-bond donors (Lipinski definition) is 3. The van der Waals surface area contributed by atoms with Crippen LogP contribution < -0.4 is 5.32 Å². The molecular formula is C10H11ClN4O. The number of aromatic amines is 1. The van der Waals surface area contributed by atoms with Gasteiger partial charge in [0.15, 0.2) is 0 Å². The Bertz CT molecular complexity index is 438. The van der Waals surface area contributed by atoms with Crippen LogP contribution in [-0.4, -0.2) is 20.3 Å². The quantitative estimate of drug-likeness (QED) is 0.754. The van der Waals surface area contributed by atoms with E-state index in [0.29, 0.717) is 23.7 Å². The number of nitrogens with zero attached hydrogens (tertiary/aromatic N) is 2. The zero-order valence-corrected chi connectivity index (χ0v) is 9.20. The summed E-state index contributed by atoms with van der Waals surface area (Å²) in [5.74, 6) is 0.934. The fraction of sp³-hybridized carbons (Fsp3) is 0.200. The Kier molecular flexibility index (Phi) is 3.38. The van der Waals surface area contributed by atoms with E-state index >= 15 is 0 Å². The Morgan fingerprint density at radius 2 is 2.25 bits per heavy atom. The van der Waals surface area contributed by atoms with Gasteiger partial charge in [0.05, 0.1) is 6.54 Å². The van der Waals surface area contributed by atoms with E-state index in [9.17, 15) is 5.11 Å². The molecule has 6 heteroatoms. The molecule has 1 heterocycles. The van der Waals surface area contributed by atoms with Gasteiger partial charge in [-0.3, -0.25) is 5.10 Å². The van der Waals surface area contributed by atoms with Gasteiger partial charge in [-0.15, -0.1) is 0 Å². The third-order valence-corrected chi connectivity index (χ3v) is 2.51. The number of nitrogens with one attached hydrogen (secondary N) is 2. The van der Waals surface area contributed by atoms with Crippen LogP contribution in [0, 0.1) is 0 Å². The van der Waals surface area contributed by atoms with Crippen LogP contribution in [-0.2, 0) is 13.1 Å². The zero-order chi connectivity index (χ0) is 11.4. The highest BCUT2D eigenvalue weighted by molar-refractivity contribution is 6.31. The van der Waals surface area contributed by atoms with E-state index in [1.165, 1.54) is 6.33 Å². The molecule has 0 unspecified atom stereocenters. The molecule has 5 nitrogen and oxygen atoms in total. The molecule has 3 N–H and O–H groups in total. The maximum absolute atomic E-state index is 9.59. The molecule has 2 aromatic rings. The lowest BCUT2D eigenvalue weighted by Crippen LogP contribution is -2.14. The van der Waals surface area contributed by atoms with Gasteiger partial charge in [0.2, 0.25) is 0 Å². The van der Waals surface area contributed by atoms with E-state index in [-0.39, 0.29) is 5.75 Å². The maximum atomic E-state index is 9.59. The van der Waals surface area contributed by atoms with E-state index in [2.05, 4.69) is 20.5 Å². The summed E-state index contributed by atoms with van der Waals surface area (Å²) in [6.07, 6.45) is 1.45. The van der Waals surface area contributed by atoms with E-state index in [1.54, 1.807) is 18.2 Å². The van der Waals surface area contributed by atoms with Crippen molar-refractivity contribution < 1.29 is 5.11 Å². The van der Waals surface area contributed by atoms with Crippen LogP contribution >= 0.6 is 11.6 Å². The van der Waals surface area contributed by atoms with Gasteiger partial charge < -0.3 is 10.4 Å². The highest BCUT2D eigenvalue weighted by Gasteiger charge is 2.05. The molecule has 0 aliphatic heterocycles. The van der Waals surface area contributed by atoms with Crippen LogP contribution in [0.5, 0.6) is 5.75 Å². The average molecular weight is 239 g/mol. The predicted molar refractivity (Wildman–Crippen MR) is 60.0 cm³/mol. The largest absolute Gasteiger partial charge is 0.508 e. The molecule has 0 radical (unpaired) electrons. The summed E-state index contributed by atoms with van der Waals surface area (Å²) in [6.45, 7) is 1.02. The zero-order valence-electron chi connectivity index (χ0n) is 8.44. The van der Waals surface area contributed by atoms with Crippen molar-refractivity contribution >= 4 is 11.6 Å². The third-order valence-electron chi connectivity index (χ3n) is 2.15. The molecule has 0 bridgehead atoms. The van der Waals surface area contributed by atoms with Gasteiger partial charge in [-0.05, 0) is 12.1 Å². The average Bonchev–Trinajstić information content (AvgIpc) is 2.75. The first-order valence-electron chi connectivity index (χ1n) is 4.78. The van der Waals surface area contributed by atoms with E-state index in [0.717, 1.165) is 5.82 Å². The molecule has 0 spiro atoms. The van der Waals surface area contributed by atoms with Gasteiger partial charge >= 0.3 is 0 Å². The molecule has 1 aromatic heterocycles. The Hall–Kier alpha value is -1.59. The molecule has 16 heavy (non-hydrogen) atoms. The molecule has 0 fully saturated rings. The molecule has 0 saturated heterocycles. The first-order chi connectivity index (χ1) is 7.77. The Labute approximate surface area is 97.5 Å². The smallest absolute Gasteiger partial charge is 0.138 e. The summed E-state index contributed by atoms with van der Waals surface area (Å²) >= 11 is 5.95. The monoisotopic (exact) mass is 238 g/mol. The van der Waals surface area contributed by atoms with Crippen molar-refractivity contribution in [1.82, 2.24) is 20.5 Å². The number of phenols is 1. The minimum absolute atomic E-state index is 0.192. The summed E-state index contributed by atoms with van der Waals surface area (Å²) in [5.41, 5.74) is 0.684. The second-order valence-corrected chi connectivity index (χ2v) is 3.68. The Morgan fingerprint density at radius 1 is 1.38 bits per heavy atom. The number of halogens is 1. The maximum Gasteiger partial charge on any atom is 0.138 e. The van der Waals surface area contributed by atoms with E-state index in [1.807, 2.05) is 0 Å². The van der Waals surface area contributed by atoms with Gasteiger partial charge in [0.25, 0.3) is 0 Å². The number of H-pyrrole nitrogens is 1. The van der Waals surface area contributed by atoms with Gasteiger partial charge in [-0.2, -0.15) is 5.10 Å². The summed E-state index contributed by atoms with van der Waals surface area (Å²) in [7, 11) is 0. The normalized spacial score (nSPS) is 10.6. The highest BCUT2D eigenvalue weighted by atomic mass is 35.5. The number of aromatic nitrogens is 3. The van der Waals surface area contributed by atoms with Crippen molar-refractivity contribution in [3.63, 3.8) is 0 Å². The van der Waals surface area contributed by atoms with Gasteiger partial charge in [-0.1, -0.05) is 17.7 Å². The Balaban J connectivity index is 1.95. The lowest BCUT2D eigenvalue weighted by atomic mass is 10.2. The number of aromatic hydroxyl groups is 1. The summed E-state index contributed by atoms with van der Waals surface area (Å²) in [6, 6.07) is 5.06. The van der Waals surface area contributed by atoms with Crippen LogP contribution in [0.2, 0.25) is 5.02 Å². The number of rotatable bonds is 4. The van der Waals surface area contributed by atoms with Crippen LogP contribution in [0.15, 0.2) is 24.5 Å². The molecule has 0 aliphatic carbocycles. The van der Waals surface area contributed by atoms with Crippen molar-refractivity contribution in [2.24, 2.45) is 0 Å². The Morgan fingerprint density at radius 3 is 2.94 bits per heavy atom.